The minimum Gasteiger partial charge on any atom is -0.469 e. The number of benzene rings is 1. The number of esters is 1. The average molecular weight is 366 g/mol. The van der Waals surface area contributed by atoms with Gasteiger partial charge in [-0.2, -0.15) is 0 Å². The number of amides is 2. The zero-order valence-electron chi connectivity index (χ0n) is 15.5. The molecule has 0 saturated carbocycles. The van der Waals surface area contributed by atoms with Gasteiger partial charge in [-0.15, -0.1) is 0 Å². The standard InChI is InChI=1S/C18H26N2O6/c1-18(2,3)26-17(23)19-14(10-11-15(21)24-4)16(22)20-25-12-13-8-6-5-7-9-13/h5-9,14H,10-12H2,1-4H3,(H,19,23)(H,20,22). The second-order valence-corrected chi connectivity index (χ2v) is 6.55. The normalized spacial score (nSPS) is 12.0. The van der Waals surface area contributed by atoms with Gasteiger partial charge in [0, 0.05) is 6.42 Å². The number of methoxy groups -OCH3 is 1. The monoisotopic (exact) mass is 366 g/mol. The molecule has 0 bridgehead atoms. The van der Waals surface area contributed by atoms with E-state index >= 15 is 0 Å². The van der Waals surface area contributed by atoms with Gasteiger partial charge in [0.2, 0.25) is 0 Å². The Bertz CT molecular complexity index is 597. The molecule has 0 aliphatic heterocycles. The molecule has 2 amide bonds. The SMILES string of the molecule is COC(=O)CCC(NC(=O)OC(C)(C)C)C(=O)NOCc1ccccc1. The molecule has 2 N–H and O–H groups in total. The van der Waals surface area contributed by atoms with E-state index in [2.05, 4.69) is 15.5 Å². The summed E-state index contributed by atoms with van der Waals surface area (Å²) in [6.45, 7) is 5.29. The van der Waals surface area contributed by atoms with E-state index in [-0.39, 0.29) is 19.4 Å². The number of hydrogen-bond donors (Lipinski definition) is 2. The number of alkyl carbamates (subject to hydrolysis) is 1. The van der Waals surface area contributed by atoms with Crippen molar-refractivity contribution in [3.63, 3.8) is 0 Å². The van der Waals surface area contributed by atoms with Gasteiger partial charge in [0.1, 0.15) is 11.6 Å². The molecule has 0 fully saturated rings. The molecule has 26 heavy (non-hydrogen) atoms. The third kappa shape index (κ3) is 9.03. The summed E-state index contributed by atoms with van der Waals surface area (Å²) in [5, 5.41) is 2.44. The van der Waals surface area contributed by atoms with E-state index in [1.165, 1.54) is 7.11 Å². The largest absolute Gasteiger partial charge is 0.469 e. The van der Waals surface area contributed by atoms with Gasteiger partial charge >= 0.3 is 12.1 Å². The number of hydroxylamine groups is 1. The first-order chi connectivity index (χ1) is 12.2. The van der Waals surface area contributed by atoms with Crippen LogP contribution in [0.5, 0.6) is 0 Å². The summed E-state index contributed by atoms with van der Waals surface area (Å²) in [6, 6.07) is 8.27. The van der Waals surface area contributed by atoms with E-state index in [1.54, 1.807) is 20.8 Å². The molecule has 0 aromatic heterocycles. The summed E-state index contributed by atoms with van der Waals surface area (Å²) in [6.07, 6.45) is -0.749. The van der Waals surface area contributed by atoms with Crippen molar-refractivity contribution >= 4 is 18.0 Å². The Balaban J connectivity index is 2.58. The van der Waals surface area contributed by atoms with Crippen LogP contribution in [0.15, 0.2) is 30.3 Å². The highest BCUT2D eigenvalue weighted by Crippen LogP contribution is 2.08. The maximum Gasteiger partial charge on any atom is 0.408 e. The zero-order chi connectivity index (χ0) is 19.6. The fourth-order valence-corrected chi connectivity index (χ4v) is 1.92. The molecule has 1 rings (SSSR count). The lowest BCUT2D eigenvalue weighted by Crippen LogP contribution is -2.48. The quantitative estimate of drug-likeness (QED) is 0.539. The van der Waals surface area contributed by atoms with Crippen molar-refractivity contribution in [1.29, 1.82) is 0 Å². The fourth-order valence-electron chi connectivity index (χ4n) is 1.92. The van der Waals surface area contributed by atoms with Crippen LogP contribution in [0.25, 0.3) is 0 Å². The highest BCUT2D eigenvalue weighted by molar-refractivity contribution is 5.85. The molecule has 1 aromatic rings. The van der Waals surface area contributed by atoms with Crippen LogP contribution in [0.3, 0.4) is 0 Å². The van der Waals surface area contributed by atoms with Crippen LogP contribution in [0.2, 0.25) is 0 Å². The third-order valence-electron chi connectivity index (χ3n) is 3.13. The van der Waals surface area contributed by atoms with Crippen LogP contribution in [-0.2, 0) is 30.5 Å². The molecular weight excluding hydrogens is 340 g/mol. The fraction of sp³-hybridized carbons (Fsp3) is 0.500. The maximum atomic E-state index is 12.3. The first-order valence-corrected chi connectivity index (χ1v) is 8.23. The zero-order valence-corrected chi connectivity index (χ0v) is 15.5. The smallest absolute Gasteiger partial charge is 0.408 e. The molecule has 144 valence electrons. The Morgan fingerprint density at radius 2 is 1.77 bits per heavy atom. The average Bonchev–Trinajstić information content (AvgIpc) is 2.57. The van der Waals surface area contributed by atoms with Crippen molar-refractivity contribution in [2.24, 2.45) is 0 Å². The molecule has 0 aliphatic rings. The molecule has 0 heterocycles. The number of hydrogen-bond acceptors (Lipinski definition) is 6. The minimum absolute atomic E-state index is 0.0386. The number of carbonyl (C=O) groups excluding carboxylic acids is 3. The van der Waals surface area contributed by atoms with Gasteiger partial charge in [-0.1, -0.05) is 30.3 Å². The Hall–Kier alpha value is -2.61. The first-order valence-electron chi connectivity index (χ1n) is 8.23. The molecule has 0 aliphatic carbocycles. The van der Waals surface area contributed by atoms with E-state index in [9.17, 15) is 14.4 Å². The van der Waals surface area contributed by atoms with Crippen LogP contribution in [0, 0.1) is 0 Å². The van der Waals surface area contributed by atoms with Gasteiger partial charge in [-0.25, -0.2) is 10.3 Å². The third-order valence-corrected chi connectivity index (χ3v) is 3.13. The molecule has 8 nitrogen and oxygen atoms in total. The molecule has 1 aromatic carbocycles. The number of ether oxygens (including phenoxy) is 2. The summed E-state index contributed by atoms with van der Waals surface area (Å²) >= 11 is 0. The molecule has 1 atom stereocenters. The van der Waals surface area contributed by atoms with Crippen LogP contribution in [0.1, 0.15) is 39.2 Å². The molecule has 8 heteroatoms. The Kier molecular flexibility index (Phi) is 8.57. The van der Waals surface area contributed by atoms with Gasteiger partial charge in [-0.05, 0) is 32.8 Å². The summed E-state index contributed by atoms with van der Waals surface area (Å²) in [7, 11) is 1.25. The van der Waals surface area contributed by atoms with Gasteiger partial charge in [0.05, 0.1) is 13.7 Å². The first kappa shape index (κ1) is 21.4. The van der Waals surface area contributed by atoms with Gasteiger partial charge in [-0.3, -0.25) is 14.4 Å². The predicted molar refractivity (Wildman–Crippen MR) is 93.8 cm³/mol. The van der Waals surface area contributed by atoms with Gasteiger partial charge in [0.15, 0.2) is 0 Å². The van der Waals surface area contributed by atoms with Crippen molar-refractivity contribution in [3.8, 4) is 0 Å². The Morgan fingerprint density at radius 3 is 2.35 bits per heavy atom. The van der Waals surface area contributed by atoms with Crippen molar-refractivity contribution in [2.75, 3.05) is 7.11 Å². The Morgan fingerprint density at radius 1 is 1.12 bits per heavy atom. The summed E-state index contributed by atoms with van der Waals surface area (Å²) < 4.78 is 9.70. The van der Waals surface area contributed by atoms with Crippen LogP contribution >= 0.6 is 0 Å². The second-order valence-electron chi connectivity index (χ2n) is 6.55. The van der Waals surface area contributed by atoms with E-state index in [4.69, 9.17) is 9.57 Å². The summed E-state index contributed by atoms with van der Waals surface area (Å²) in [5.74, 6) is -1.07. The highest BCUT2D eigenvalue weighted by Gasteiger charge is 2.25. The number of carbonyl (C=O) groups is 3. The molecule has 0 saturated heterocycles. The molecular formula is C18H26N2O6. The van der Waals surface area contributed by atoms with Crippen molar-refractivity contribution in [2.45, 2.75) is 51.9 Å². The molecule has 0 spiro atoms. The highest BCUT2D eigenvalue weighted by atomic mass is 16.7. The van der Waals surface area contributed by atoms with Crippen LogP contribution in [-0.4, -0.2) is 36.7 Å². The van der Waals surface area contributed by atoms with Crippen molar-refractivity contribution in [3.05, 3.63) is 35.9 Å². The van der Waals surface area contributed by atoms with Crippen molar-refractivity contribution in [1.82, 2.24) is 10.8 Å². The predicted octanol–water partition coefficient (Wildman–Crippen LogP) is 2.08. The minimum atomic E-state index is -1.00. The Labute approximate surface area is 153 Å². The lowest BCUT2D eigenvalue weighted by molar-refractivity contribution is -0.141. The lowest BCUT2D eigenvalue weighted by Gasteiger charge is -2.23. The van der Waals surface area contributed by atoms with Gasteiger partial charge in [0.25, 0.3) is 5.91 Å². The lowest BCUT2D eigenvalue weighted by atomic mass is 10.1. The second kappa shape index (κ2) is 10.4. The number of rotatable bonds is 8. The topological polar surface area (TPSA) is 103 Å². The molecule has 0 radical (unpaired) electrons. The van der Waals surface area contributed by atoms with E-state index in [0.29, 0.717) is 0 Å². The van der Waals surface area contributed by atoms with Crippen LogP contribution in [0.4, 0.5) is 4.79 Å². The van der Waals surface area contributed by atoms with Gasteiger partial charge < -0.3 is 14.8 Å². The molecule has 1 unspecified atom stereocenters. The van der Waals surface area contributed by atoms with E-state index in [1.807, 2.05) is 30.3 Å². The van der Waals surface area contributed by atoms with E-state index in [0.717, 1.165) is 5.56 Å². The maximum absolute atomic E-state index is 12.3. The van der Waals surface area contributed by atoms with Crippen molar-refractivity contribution < 1.29 is 28.7 Å². The number of nitrogens with one attached hydrogen (secondary N) is 2. The van der Waals surface area contributed by atoms with E-state index < -0.39 is 29.6 Å². The van der Waals surface area contributed by atoms with Crippen LogP contribution < -0.4 is 10.8 Å². The summed E-state index contributed by atoms with van der Waals surface area (Å²) in [4.78, 5) is 40.7. The summed E-state index contributed by atoms with van der Waals surface area (Å²) in [5.41, 5.74) is 2.44.